The summed E-state index contributed by atoms with van der Waals surface area (Å²) in [6.07, 6.45) is 12.6. The minimum absolute atomic E-state index is 0.0126. The first-order valence-corrected chi connectivity index (χ1v) is 23.6. The summed E-state index contributed by atoms with van der Waals surface area (Å²) in [5.41, 5.74) is 5.33. The normalized spacial score (nSPS) is 21.9. The predicted molar refractivity (Wildman–Crippen MR) is 242 cm³/mol. The largest absolute Gasteiger partial charge is 0.438 e. The molecule has 1 saturated heterocycles. The van der Waals surface area contributed by atoms with Crippen LogP contribution in [-0.2, 0) is 29.5 Å². The minimum atomic E-state index is -0.841. The molecule has 67 heavy (non-hydrogen) atoms. The Kier molecular flexibility index (Phi) is 8.93. The number of fused-ring (bicyclic) bond motifs is 4. The van der Waals surface area contributed by atoms with E-state index >= 15 is 13.6 Å². The van der Waals surface area contributed by atoms with Gasteiger partial charge >= 0.3 is 11.4 Å². The van der Waals surface area contributed by atoms with Crippen LogP contribution in [0.4, 0.5) is 8.78 Å². The number of aromatic nitrogens is 9. The lowest BCUT2D eigenvalue weighted by atomic mass is 9.91. The molecule has 7 heterocycles. The van der Waals surface area contributed by atoms with E-state index in [1.807, 2.05) is 33.2 Å². The maximum Gasteiger partial charge on any atom is 0.438 e. The smallest absolute Gasteiger partial charge is 0.381 e. The zero-order chi connectivity index (χ0) is 45.5. The summed E-state index contributed by atoms with van der Waals surface area (Å²) in [7, 11) is 0. The molecule has 3 aromatic carbocycles. The van der Waals surface area contributed by atoms with Gasteiger partial charge in [0.05, 0.1) is 46.3 Å². The molecule has 1 amide bonds. The minimum Gasteiger partial charge on any atom is -0.381 e. The van der Waals surface area contributed by atoms with Crippen molar-refractivity contribution in [2.24, 2.45) is 5.92 Å². The molecule has 3 fully saturated rings. The van der Waals surface area contributed by atoms with Gasteiger partial charge in [-0.15, -0.1) is 0 Å². The summed E-state index contributed by atoms with van der Waals surface area (Å²) in [6, 6.07) is 14.5. The zero-order valence-electron chi connectivity index (χ0n) is 37.2. The van der Waals surface area contributed by atoms with Gasteiger partial charge in [0.1, 0.15) is 22.9 Å². The van der Waals surface area contributed by atoms with Gasteiger partial charge in [0, 0.05) is 55.0 Å². The highest BCUT2D eigenvalue weighted by molar-refractivity contribution is 6.00. The van der Waals surface area contributed by atoms with E-state index in [4.69, 9.17) is 14.4 Å². The van der Waals surface area contributed by atoms with E-state index in [-0.39, 0.29) is 29.4 Å². The summed E-state index contributed by atoms with van der Waals surface area (Å²) in [5.74, 6) is -0.628. The third-order valence-corrected chi connectivity index (χ3v) is 15.8. The van der Waals surface area contributed by atoms with Crippen LogP contribution in [0.25, 0.3) is 39.0 Å². The number of nitrogens with one attached hydrogen (secondary N) is 1. The fourth-order valence-electron chi connectivity index (χ4n) is 11.9. The standard InChI is InChI=1S/C50H48F2N10O5/c1-27-25-50(27,47-54-48(64)67-56-47)60-38-11-9-30(29-16-21-66-22-17-29)23-31(38)24-42(60)46(63)57-18-15-37-43(28(57)2)45(62(55-37)39-12-10-36(51)33-7-4-8-34(33)39)59-20-19-58(49(59)65)41-14-13-40-35(44(41)52)26-53-61(40)32-5-3-6-32/h9-14,19-20,23-24,26-29,32H,3-8,15-18,21-22,25H2,1-2H3,(H,54,56,64)/t27-,28-,50-/m0/s1. The highest BCUT2D eigenvalue weighted by Gasteiger charge is 2.59. The van der Waals surface area contributed by atoms with Crippen molar-refractivity contribution in [2.75, 3.05) is 19.8 Å². The number of halogens is 2. The highest BCUT2D eigenvalue weighted by atomic mass is 19.1. The summed E-state index contributed by atoms with van der Waals surface area (Å²) in [4.78, 5) is 47.6. The van der Waals surface area contributed by atoms with Crippen LogP contribution >= 0.6 is 0 Å². The Morgan fingerprint density at radius 3 is 2.42 bits per heavy atom. The Morgan fingerprint density at radius 1 is 0.881 bits per heavy atom. The van der Waals surface area contributed by atoms with Crippen molar-refractivity contribution in [3.8, 4) is 17.2 Å². The van der Waals surface area contributed by atoms with Crippen LogP contribution in [0.15, 0.2) is 81.2 Å². The van der Waals surface area contributed by atoms with E-state index in [1.54, 1.807) is 29.2 Å². The van der Waals surface area contributed by atoms with Crippen LogP contribution in [0.2, 0.25) is 0 Å². The second kappa shape index (κ2) is 14.8. The number of benzene rings is 3. The molecule has 0 radical (unpaired) electrons. The van der Waals surface area contributed by atoms with Crippen molar-refractivity contribution < 1.29 is 22.8 Å². The van der Waals surface area contributed by atoms with Crippen molar-refractivity contribution in [2.45, 2.75) is 102 Å². The van der Waals surface area contributed by atoms with Crippen LogP contribution in [-0.4, -0.2) is 74.0 Å². The van der Waals surface area contributed by atoms with E-state index in [1.165, 1.54) is 27.0 Å². The van der Waals surface area contributed by atoms with Gasteiger partial charge in [-0.3, -0.25) is 28.1 Å². The third kappa shape index (κ3) is 5.88. The van der Waals surface area contributed by atoms with E-state index in [0.29, 0.717) is 102 Å². The molecule has 17 heteroatoms. The molecular weight excluding hydrogens is 859 g/mol. The molecule has 3 aliphatic carbocycles. The maximum atomic E-state index is 16.5. The van der Waals surface area contributed by atoms with E-state index in [9.17, 15) is 9.59 Å². The molecule has 1 N–H and O–H groups in total. The lowest BCUT2D eigenvalue weighted by molar-refractivity contribution is 0.0663. The van der Waals surface area contributed by atoms with E-state index in [2.05, 4.69) is 40.4 Å². The van der Waals surface area contributed by atoms with Gasteiger partial charge in [-0.2, -0.15) is 10.2 Å². The molecule has 0 spiro atoms. The molecule has 2 aliphatic heterocycles. The SMILES string of the molecule is C[C@H]1c2c(nn(-c3ccc(F)c4c3CCC4)c2-n2ccn(-c3ccc4c(cnn4C4CCC4)c3F)c2=O)CCN1C(=O)c1cc2cc(C3CCOCC3)ccc2n1[C@@]1(c2noc(=O)[nH]2)C[C@@H]1C. The van der Waals surface area contributed by atoms with Gasteiger partial charge in [-0.25, -0.2) is 23.1 Å². The molecule has 3 atom stereocenters. The first kappa shape index (κ1) is 40.4. The van der Waals surface area contributed by atoms with Gasteiger partial charge in [-0.1, -0.05) is 18.1 Å². The Balaban J connectivity index is 0.952. The van der Waals surface area contributed by atoms with Crippen molar-refractivity contribution in [3.63, 3.8) is 0 Å². The Hall–Kier alpha value is -6.88. The van der Waals surface area contributed by atoms with Crippen LogP contribution in [0, 0.1) is 17.6 Å². The van der Waals surface area contributed by atoms with Crippen molar-refractivity contribution in [1.82, 2.24) is 48.3 Å². The quantitative estimate of drug-likeness (QED) is 0.163. The zero-order valence-corrected chi connectivity index (χ0v) is 37.2. The Morgan fingerprint density at radius 2 is 1.66 bits per heavy atom. The first-order valence-electron chi connectivity index (χ1n) is 23.6. The number of ether oxygens (including phenoxy) is 1. The fourth-order valence-corrected chi connectivity index (χ4v) is 11.9. The average molecular weight is 907 g/mol. The number of imidazole rings is 1. The van der Waals surface area contributed by atoms with E-state index in [0.717, 1.165) is 55.0 Å². The predicted octanol–water partition coefficient (Wildman–Crippen LogP) is 7.72. The number of H-pyrrole nitrogens is 1. The number of hydrogen-bond donors (Lipinski definition) is 1. The van der Waals surface area contributed by atoms with Gasteiger partial charge in [0.25, 0.3) is 5.91 Å². The summed E-state index contributed by atoms with van der Waals surface area (Å²) >= 11 is 0. The number of nitrogens with zero attached hydrogens (tertiary/aromatic N) is 9. The molecule has 5 aromatic heterocycles. The second-order valence-corrected chi connectivity index (χ2v) is 19.3. The fraction of sp³-hybridized carbons (Fsp3) is 0.400. The van der Waals surface area contributed by atoms with E-state index < -0.39 is 28.8 Å². The van der Waals surface area contributed by atoms with Crippen LogP contribution < -0.4 is 11.4 Å². The first-order chi connectivity index (χ1) is 32.6. The number of amides is 1. The van der Waals surface area contributed by atoms with Crippen molar-refractivity contribution >= 4 is 27.7 Å². The molecular formula is C50H48F2N10O5. The molecule has 13 rings (SSSR count). The highest BCUT2D eigenvalue weighted by Crippen LogP contribution is 2.56. The summed E-state index contributed by atoms with van der Waals surface area (Å²) in [6.45, 7) is 5.72. The lowest BCUT2D eigenvalue weighted by Gasteiger charge is -2.34. The van der Waals surface area contributed by atoms with Gasteiger partial charge in [0.15, 0.2) is 11.6 Å². The molecule has 0 unspecified atom stereocenters. The number of rotatable bonds is 8. The van der Waals surface area contributed by atoms with Gasteiger partial charge < -0.3 is 14.2 Å². The molecule has 5 aliphatic rings. The third-order valence-electron chi connectivity index (χ3n) is 15.8. The van der Waals surface area contributed by atoms with Crippen LogP contribution in [0.3, 0.4) is 0 Å². The van der Waals surface area contributed by atoms with Gasteiger partial charge in [-0.05, 0) is 136 Å². The van der Waals surface area contributed by atoms with Crippen LogP contribution in [0.5, 0.6) is 0 Å². The van der Waals surface area contributed by atoms with Crippen LogP contribution in [0.1, 0.15) is 121 Å². The number of carbonyl (C=O) groups excluding carboxylic acids is 1. The Bertz CT molecular complexity index is 3470. The van der Waals surface area contributed by atoms with Crippen molar-refractivity contribution in [1.29, 1.82) is 0 Å². The average Bonchev–Trinajstić information content (AvgIpc) is 4.08. The molecule has 8 aromatic rings. The lowest BCUT2D eigenvalue weighted by Crippen LogP contribution is -2.41. The van der Waals surface area contributed by atoms with Crippen molar-refractivity contribution in [3.05, 3.63) is 139 Å². The maximum absolute atomic E-state index is 16.5. The Labute approximate surface area is 381 Å². The molecule has 2 saturated carbocycles. The second-order valence-electron chi connectivity index (χ2n) is 19.3. The number of hydrogen-bond acceptors (Lipinski definition) is 8. The molecule has 0 bridgehead atoms. The summed E-state index contributed by atoms with van der Waals surface area (Å²) in [5, 5.41) is 15.1. The molecule has 342 valence electrons. The number of carbonyl (C=O) groups is 1. The van der Waals surface area contributed by atoms with Gasteiger partial charge in [0.2, 0.25) is 0 Å². The monoisotopic (exact) mass is 906 g/mol. The summed E-state index contributed by atoms with van der Waals surface area (Å²) < 4.78 is 51.0. The molecule has 15 nitrogen and oxygen atoms in total. The topological polar surface area (TPSA) is 156 Å². The number of aromatic amines is 1.